The first kappa shape index (κ1) is 10.8. The predicted molar refractivity (Wildman–Crippen MR) is 75.8 cm³/mol. The van der Waals surface area contributed by atoms with E-state index in [1.807, 2.05) is 0 Å². The Labute approximate surface area is 106 Å². The molecule has 0 unspecified atom stereocenters. The van der Waals surface area contributed by atoms with Crippen LogP contribution in [0.15, 0.2) is 42.5 Å². The van der Waals surface area contributed by atoms with E-state index >= 15 is 0 Å². The number of rotatable bonds is 1. The molecule has 0 saturated heterocycles. The third kappa shape index (κ3) is 2.20. The molecule has 0 nitrogen and oxygen atoms in total. The monoisotopic (exact) mass is 235 g/mol. The van der Waals surface area contributed by atoms with E-state index in [-0.39, 0.29) is 0 Å². The third-order valence-corrected chi connectivity index (χ3v) is 3.81. The van der Waals surface area contributed by atoms with Crippen molar-refractivity contribution in [2.45, 2.75) is 25.7 Å². The summed E-state index contributed by atoms with van der Waals surface area (Å²) in [6.45, 7) is 0. The van der Waals surface area contributed by atoms with E-state index in [1.54, 1.807) is 0 Å². The van der Waals surface area contributed by atoms with Gasteiger partial charge in [0.05, 0.1) is 10.2 Å². The molecule has 0 atom stereocenters. The lowest BCUT2D eigenvalue weighted by Gasteiger charge is -2.13. The van der Waals surface area contributed by atoms with Gasteiger partial charge in [0, 0.05) is 0 Å². The Morgan fingerprint density at radius 1 is 0.882 bits per heavy atom. The molecule has 1 aliphatic rings. The van der Waals surface area contributed by atoms with Crippen molar-refractivity contribution in [2.75, 3.05) is 0 Å². The van der Waals surface area contributed by atoms with Gasteiger partial charge in [-0.05, 0) is 53.7 Å². The van der Waals surface area contributed by atoms with E-state index in [4.69, 9.17) is 0 Å². The summed E-state index contributed by atoms with van der Waals surface area (Å²) in [5.41, 5.74) is 2.93. The maximum Gasteiger partial charge on any atom is 0.0712 e. The van der Waals surface area contributed by atoms with Crippen molar-refractivity contribution in [2.24, 2.45) is 0 Å². The first-order valence-electron chi connectivity index (χ1n) is 6.28. The van der Waals surface area contributed by atoms with Crippen molar-refractivity contribution in [3.63, 3.8) is 0 Å². The number of benzene rings is 2. The van der Waals surface area contributed by atoms with Crippen molar-refractivity contribution in [3.05, 3.63) is 48.0 Å². The van der Waals surface area contributed by atoms with E-state index in [0.29, 0.717) is 0 Å². The molecule has 0 aliphatic heterocycles. The molecule has 2 aromatic carbocycles. The van der Waals surface area contributed by atoms with Gasteiger partial charge in [0.25, 0.3) is 0 Å². The van der Waals surface area contributed by atoms with E-state index in [0.717, 1.165) is 5.19 Å². The van der Waals surface area contributed by atoms with Crippen LogP contribution in [0, 0.1) is 0 Å². The molecule has 0 heterocycles. The van der Waals surface area contributed by atoms with Gasteiger partial charge < -0.3 is 0 Å². The van der Waals surface area contributed by atoms with Crippen molar-refractivity contribution >= 4 is 31.8 Å². The lowest BCUT2D eigenvalue weighted by Crippen LogP contribution is -1.99. The van der Waals surface area contributed by atoms with E-state index in [1.165, 1.54) is 47.6 Å². The Bertz CT molecular complexity index is 581. The molecule has 3 radical (unpaired) electrons. The van der Waals surface area contributed by atoms with Gasteiger partial charge in [-0.15, -0.1) is 0 Å². The highest BCUT2D eigenvalue weighted by atomic mass is 28.1. The average molecular weight is 235 g/mol. The van der Waals surface area contributed by atoms with Crippen LogP contribution < -0.4 is 5.19 Å². The van der Waals surface area contributed by atoms with Crippen LogP contribution in [-0.2, 0) is 0 Å². The highest BCUT2D eigenvalue weighted by Crippen LogP contribution is 2.28. The predicted octanol–water partition coefficient (Wildman–Crippen LogP) is 3.59. The first-order valence-corrected chi connectivity index (χ1v) is 6.78. The molecule has 0 fully saturated rings. The fraction of sp³-hybridized carbons (Fsp3) is 0.250. The zero-order valence-corrected chi connectivity index (χ0v) is 10.9. The second kappa shape index (κ2) is 4.50. The molecular weight excluding hydrogens is 220 g/mol. The maximum atomic E-state index is 3.57. The molecule has 0 spiro atoms. The zero-order chi connectivity index (χ0) is 11.7. The minimum absolute atomic E-state index is 1.14. The summed E-state index contributed by atoms with van der Waals surface area (Å²) in [5.74, 6) is 0. The molecule has 17 heavy (non-hydrogen) atoms. The summed E-state index contributed by atoms with van der Waals surface area (Å²) in [6.07, 6.45) is 7.58. The summed E-state index contributed by atoms with van der Waals surface area (Å²) < 4.78 is 0. The van der Waals surface area contributed by atoms with Crippen LogP contribution in [0.5, 0.6) is 0 Å². The Morgan fingerprint density at radius 2 is 1.71 bits per heavy atom. The van der Waals surface area contributed by atoms with Gasteiger partial charge in [0.2, 0.25) is 0 Å². The second-order valence-electron chi connectivity index (χ2n) is 4.75. The van der Waals surface area contributed by atoms with Crippen LogP contribution in [0.1, 0.15) is 31.2 Å². The van der Waals surface area contributed by atoms with E-state index in [2.05, 4.69) is 52.7 Å². The van der Waals surface area contributed by atoms with Crippen molar-refractivity contribution in [1.82, 2.24) is 0 Å². The Morgan fingerprint density at radius 3 is 2.53 bits per heavy atom. The number of hydrogen-bond donors (Lipinski definition) is 0. The molecule has 0 aromatic heterocycles. The Hall–Kier alpha value is -1.34. The number of hydrogen-bond acceptors (Lipinski definition) is 0. The van der Waals surface area contributed by atoms with Gasteiger partial charge >= 0.3 is 0 Å². The quantitative estimate of drug-likeness (QED) is 0.663. The van der Waals surface area contributed by atoms with E-state index < -0.39 is 0 Å². The molecule has 0 amide bonds. The van der Waals surface area contributed by atoms with Crippen molar-refractivity contribution in [1.29, 1.82) is 0 Å². The maximum absolute atomic E-state index is 3.57. The van der Waals surface area contributed by atoms with Gasteiger partial charge in [0.1, 0.15) is 0 Å². The minimum Gasteiger partial charge on any atom is -0.0807 e. The lowest BCUT2D eigenvalue weighted by molar-refractivity contribution is 0.742. The molecule has 0 N–H and O–H groups in total. The standard InChI is InChI=1S/C16H15Si/c17-16-9-8-14-10-13(6-7-15(14)11-16)12-4-2-1-3-5-12/h4,6-11H,1-3,5H2. The molecule has 83 valence electrons. The molecule has 0 bridgehead atoms. The third-order valence-electron chi connectivity index (χ3n) is 3.50. The molecular formula is C16H15Si. The highest BCUT2D eigenvalue weighted by molar-refractivity contribution is 6.33. The topological polar surface area (TPSA) is 0 Å². The molecule has 1 heteroatoms. The van der Waals surface area contributed by atoms with Crippen LogP contribution in [0.3, 0.4) is 0 Å². The normalized spacial score (nSPS) is 15.9. The largest absolute Gasteiger partial charge is 0.0807 e. The average Bonchev–Trinajstić information content (AvgIpc) is 2.39. The SMILES string of the molecule is [Si]c1ccc2cc(C3=CCCCC3)ccc2c1. The minimum atomic E-state index is 1.14. The number of fused-ring (bicyclic) bond motifs is 1. The summed E-state index contributed by atoms with van der Waals surface area (Å²) in [4.78, 5) is 0. The first-order chi connectivity index (χ1) is 8.33. The molecule has 2 aromatic rings. The van der Waals surface area contributed by atoms with E-state index in [9.17, 15) is 0 Å². The van der Waals surface area contributed by atoms with Crippen LogP contribution in [0.4, 0.5) is 0 Å². The fourth-order valence-electron chi connectivity index (χ4n) is 2.55. The summed E-state index contributed by atoms with van der Waals surface area (Å²) in [7, 11) is 3.57. The molecule has 3 rings (SSSR count). The fourth-order valence-corrected chi connectivity index (χ4v) is 2.78. The van der Waals surface area contributed by atoms with Crippen molar-refractivity contribution < 1.29 is 0 Å². The smallest absolute Gasteiger partial charge is 0.0712 e. The van der Waals surface area contributed by atoms with Gasteiger partial charge in [-0.2, -0.15) is 0 Å². The van der Waals surface area contributed by atoms with Gasteiger partial charge in [-0.1, -0.05) is 41.6 Å². The van der Waals surface area contributed by atoms with Gasteiger partial charge in [0.15, 0.2) is 0 Å². The summed E-state index contributed by atoms with van der Waals surface area (Å²) in [5, 5.41) is 3.77. The Kier molecular flexibility index (Phi) is 2.85. The van der Waals surface area contributed by atoms with Crippen LogP contribution >= 0.6 is 0 Å². The lowest BCUT2D eigenvalue weighted by atomic mass is 9.92. The number of allylic oxidation sites excluding steroid dienone is 2. The highest BCUT2D eigenvalue weighted by Gasteiger charge is 2.06. The van der Waals surface area contributed by atoms with Gasteiger partial charge in [-0.25, -0.2) is 0 Å². The summed E-state index contributed by atoms with van der Waals surface area (Å²) >= 11 is 0. The zero-order valence-electron chi connectivity index (χ0n) is 9.87. The van der Waals surface area contributed by atoms with Crippen LogP contribution in [0.2, 0.25) is 0 Å². The van der Waals surface area contributed by atoms with Crippen LogP contribution in [0.25, 0.3) is 16.3 Å². The summed E-state index contributed by atoms with van der Waals surface area (Å²) in [6, 6.07) is 13.3. The van der Waals surface area contributed by atoms with Crippen LogP contribution in [-0.4, -0.2) is 10.2 Å². The molecule has 0 saturated carbocycles. The molecule has 1 aliphatic carbocycles. The Balaban J connectivity index is 2.07. The van der Waals surface area contributed by atoms with Gasteiger partial charge in [-0.3, -0.25) is 0 Å². The van der Waals surface area contributed by atoms with Crippen molar-refractivity contribution in [3.8, 4) is 0 Å². The second-order valence-corrected chi connectivity index (χ2v) is 5.33.